The molecule has 1 aromatic carbocycles. The van der Waals surface area contributed by atoms with Crippen molar-refractivity contribution >= 4 is 0 Å². The molecular weight excluding hydrogens is 287 g/mol. The summed E-state index contributed by atoms with van der Waals surface area (Å²) in [6.45, 7) is -0.0669. The Labute approximate surface area is 126 Å². The molecule has 0 unspecified atom stereocenters. The summed E-state index contributed by atoms with van der Waals surface area (Å²) < 4.78 is 16.3. The summed E-state index contributed by atoms with van der Waals surface area (Å²) in [7, 11) is 0. The first kappa shape index (κ1) is 14.7. The number of benzene rings is 1. The first-order valence-corrected chi connectivity index (χ1v) is 7.22. The summed E-state index contributed by atoms with van der Waals surface area (Å²) >= 11 is 0. The zero-order chi connectivity index (χ0) is 15.7. The van der Waals surface area contributed by atoms with E-state index in [0.29, 0.717) is 6.42 Å². The number of hydrogen-bond donors (Lipinski definition) is 1. The zero-order valence-corrected chi connectivity index (χ0v) is 11.9. The molecule has 0 radical (unpaired) electrons. The van der Waals surface area contributed by atoms with Gasteiger partial charge in [0.25, 0.3) is 5.56 Å². The van der Waals surface area contributed by atoms with Crippen LogP contribution in [0.5, 0.6) is 0 Å². The van der Waals surface area contributed by atoms with E-state index in [1.807, 2.05) is 30.3 Å². The quantitative estimate of drug-likeness (QED) is 0.914. The monoisotopic (exact) mass is 304 g/mol. The Morgan fingerprint density at radius 3 is 2.55 bits per heavy atom. The lowest BCUT2D eigenvalue weighted by Gasteiger charge is -2.39. The lowest BCUT2D eigenvalue weighted by Crippen LogP contribution is -2.49. The van der Waals surface area contributed by atoms with Crippen LogP contribution in [-0.2, 0) is 6.54 Å². The minimum Gasteiger partial charge on any atom is -0.396 e. The van der Waals surface area contributed by atoms with Crippen molar-refractivity contribution in [2.24, 2.45) is 5.92 Å². The topological polar surface area (TPSA) is 64.2 Å². The van der Waals surface area contributed by atoms with Crippen LogP contribution in [-0.4, -0.2) is 27.0 Å². The molecule has 22 heavy (non-hydrogen) atoms. The van der Waals surface area contributed by atoms with Gasteiger partial charge in [-0.05, 0) is 12.0 Å². The minimum absolute atomic E-state index is 0.159. The third-order valence-corrected chi connectivity index (χ3v) is 4.23. The van der Waals surface area contributed by atoms with Gasteiger partial charge in [-0.1, -0.05) is 30.3 Å². The van der Waals surface area contributed by atoms with E-state index >= 15 is 0 Å². The fourth-order valence-electron chi connectivity index (χ4n) is 2.83. The Balaban J connectivity index is 1.94. The van der Waals surface area contributed by atoms with E-state index in [2.05, 4.69) is 0 Å². The van der Waals surface area contributed by atoms with Gasteiger partial charge in [0.1, 0.15) is 6.17 Å². The fourth-order valence-corrected chi connectivity index (χ4v) is 2.83. The van der Waals surface area contributed by atoms with Gasteiger partial charge in [-0.2, -0.15) is 0 Å². The highest BCUT2D eigenvalue weighted by Gasteiger charge is 2.42. The maximum atomic E-state index is 14.0. The molecule has 1 N–H and O–H groups in total. The van der Waals surface area contributed by atoms with Crippen LogP contribution in [0.25, 0.3) is 0 Å². The van der Waals surface area contributed by atoms with Gasteiger partial charge in [0.15, 0.2) is 0 Å². The molecule has 0 spiro atoms. The van der Waals surface area contributed by atoms with Crippen LogP contribution in [0.4, 0.5) is 4.39 Å². The fraction of sp³-hybridized carbons (Fsp3) is 0.375. The first-order valence-electron chi connectivity index (χ1n) is 7.22. The predicted octanol–water partition coefficient (Wildman–Crippen LogP) is 0.950. The number of aromatic nitrogens is 2. The van der Waals surface area contributed by atoms with Crippen LogP contribution in [0, 0.1) is 5.92 Å². The van der Waals surface area contributed by atoms with Crippen LogP contribution in [0.2, 0.25) is 0 Å². The highest BCUT2D eigenvalue weighted by molar-refractivity contribution is 5.15. The lowest BCUT2D eigenvalue weighted by molar-refractivity contribution is -0.000932. The van der Waals surface area contributed by atoms with Gasteiger partial charge in [0.05, 0.1) is 12.6 Å². The lowest BCUT2D eigenvalue weighted by atomic mass is 9.78. The Morgan fingerprint density at radius 1 is 1.18 bits per heavy atom. The molecule has 1 saturated carbocycles. The smallest absolute Gasteiger partial charge is 0.331 e. The Kier molecular flexibility index (Phi) is 3.94. The number of nitrogens with zero attached hydrogens (tertiary/aromatic N) is 2. The van der Waals surface area contributed by atoms with Gasteiger partial charge in [0.2, 0.25) is 0 Å². The van der Waals surface area contributed by atoms with E-state index in [9.17, 15) is 14.0 Å². The maximum absolute atomic E-state index is 14.0. The number of aliphatic hydroxyl groups is 1. The van der Waals surface area contributed by atoms with Crippen molar-refractivity contribution in [3.05, 3.63) is 69.0 Å². The van der Waals surface area contributed by atoms with Crippen LogP contribution < -0.4 is 11.2 Å². The first-order chi connectivity index (χ1) is 10.6. The van der Waals surface area contributed by atoms with Crippen LogP contribution >= 0.6 is 0 Å². The van der Waals surface area contributed by atoms with E-state index < -0.39 is 29.4 Å². The largest absolute Gasteiger partial charge is 0.396 e. The Bertz CT molecular complexity index is 769. The molecule has 116 valence electrons. The molecule has 0 aliphatic heterocycles. The van der Waals surface area contributed by atoms with Gasteiger partial charge < -0.3 is 5.11 Å². The van der Waals surface area contributed by atoms with Crippen molar-refractivity contribution in [3.8, 4) is 0 Å². The second-order valence-electron chi connectivity index (χ2n) is 5.61. The van der Waals surface area contributed by atoms with Crippen molar-refractivity contribution in [2.75, 3.05) is 6.61 Å². The highest BCUT2D eigenvalue weighted by atomic mass is 19.1. The molecule has 0 bridgehead atoms. The molecule has 3 atom stereocenters. The summed E-state index contributed by atoms with van der Waals surface area (Å²) in [4.78, 5) is 24.4. The Morgan fingerprint density at radius 2 is 1.91 bits per heavy atom. The highest BCUT2D eigenvalue weighted by Crippen LogP contribution is 2.39. The average molecular weight is 304 g/mol. The summed E-state index contributed by atoms with van der Waals surface area (Å²) in [6.07, 6.45) is 0.489. The van der Waals surface area contributed by atoms with Crippen molar-refractivity contribution in [3.63, 3.8) is 0 Å². The summed E-state index contributed by atoms with van der Waals surface area (Å²) in [5, 5.41) is 9.00. The van der Waals surface area contributed by atoms with Gasteiger partial charge in [-0.15, -0.1) is 0 Å². The van der Waals surface area contributed by atoms with E-state index in [1.165, 1.54) is 16.8 Å². The third kappa shape index (κ3) is 2.50. The number of halogens is 1. The van der Waals surface area contributed by atoms with E-state index in [-0.39, 0.29) is 13.2 Å². The molecule has 1 heterocycles. The average Bonchev–Trinajstić information content (AvgIpc) is 2.53. The van der Waals surface area contributed by atoms with Crippen LogP contribution in [0.15, 0.2) is 52.2 Å². The molecule has 5 nitrogen and oxygen atoms in total. The molecule has 0 amide bonds. The van der Waals surface area contributed by atoms with Crippen LogP contribution in [0.3, 0.4) is 0 Å². The molecule has 1 aromatic heterocycles. The maximum Gasteiger partial charge on any atom is 0.331 e. The van der Waals surface area contributed by atoms with Crippen molar-refractivity contribution in [1.82, 2.24) is 9.13 Å². The molecule has 1 fully saturated rings. The van der Waals surface area contributed by atoms with Gasteiger partial charge in [-0.25, -0.2) is 9.18 Å². The predicted molar refractivity (Wildman–Crippen MR) is 79.6 cm³/mol. The molecule has 0 saturated heterocycles. The van der Waals surface area contributed by atoms with E-state index in [0.717, 1.165) is 10.1 Å². The molecule has 3 rings (SSSR count). The van der Waals surface area contributed by atoms with Crippen molar-refractivity contribution in [2.45, 2.75) is 25.2 Å². The number of aliphatic hydroxyl groups excluding tert-OH is 1. The number of rotatable bonds is 4. The van der Waals surface area contributed by atoms with E-state index in [1.54, 1.807) is 0 Å². The van der Waals surface area contributed by atoms with Gasteiger partial charge >= 0.3 is 5.69 Å². The minimum atomic E-state index is -1.26. The second kappa shape index (κ2) is 5.88. The molecule has 6 heteroatoms. The zero-order valence-electron chi connectivity index (χ0n) is 11.9. The summed E-state index contributed by atoms with van der Waals surface area (Å²) in [5.41, 5.74) is -0.0861. The normalized spacial score (nSPS) is 24.0. The second-order valence-corrected chi connectivity index (χ2v) is 5.61. The third-order valence-electron chi connectivity index (χ3n) is 4.23. The SMILES string of the molecule is O=c1ccn([C@H]2C[C@H](CO)[C@H]2F)c(=O)n1Cc1ccccc1. The Hall–Kier alpha value is -2.21. The van der Waals surface area contributed by atoms with Gasteiger partial charge in [-0.3, -0.25) is 13.9 Å². The molecule has 1 aliphatic rings. The van der Waals surface area contributed by atoms with Crippen LogP contribution in [0.1, 0.15) is 18.0 Å². The van der Waals surface area contributed by atoms with Crippen molar-refractivity contribution in [1.29, 1.82) is 0 Å². The number of alkyl halides is 1. The molecule has 1 aliphatic carbocycles. The molecule has 2 aromatic rings. The van der Waals surface area contributed by atoms with Crippen molar-refractivity contribution < 1.29 is 9.50 Å². The van der Waals surface area contributed by atoms with Gasteiger partial charge in [0, 0.05) is 24.8 Å². The number of hydrogen-bond acceptors (Lipinski definition) is 3. The summed E-state index contributed by atoms with van der Waals surface area (Å²) in [6, 6.07) is 9.84. The van der Waals surface area contributed by atoms with E-state index in [4.69, 9.17) is 5.11 Å². The standard InChI is InChI=1S/C16H17FN2O3/c17-15-12(10-20)8-13(15)18-7-6-14(21)19(16(18)22)9-11-4-2-1-3-5-11/h1-7,12-13,15,20H,8-10H2/t12-,13+,15-/m1/s1. The molecular formula is C16H17FN2O3. The summed E-state index contributed by atoms with van der Waals surface area (Å²) in [5.74, 6) is -0.425.